The molecule has 0 amide bonds. The van der Waals surface area contributed by atoms with Crippen molar-refractivity contribution in [2.45, 2.75) is 19.1 Å². The average Bonchev–Trinajstić information content (AvgIpc) is 2.68. The van der Waals surface area contributed by atoms with Crippen LogP contribution in [-0.4, -0.2) is 13.2 Å². The number of benzene rings is 1. The largest absolute Gasteiger partial charge is 1.00 e. The van der Waals surface area contributed by atoms with E-state index in [0.717, 1.165) is 0 Å². The molecule has 76 valence electrons. The summed E-state index contributed by atoms with van der Waals surface area (Å²) < 4.78 is 11.1. The van der Waals surface area contributed by atoms with Crippen LogP contribution in [0.2, 0.25) is 0 Å². The third-order valence-electron chi connectivity index (χ3n) is 2.52. The van der Waals surface area contributed by atoms with E-state index in [0.29, 0.717) is 25.2 Å². The Balaban J connectivity index is 0.00000112. The Morgan fingerprint density at radius 3 is 2.40 bits per heavy atom. The molecule has 1 saturated heterocycles. The number of hydrogen-bond acceptors (Lipinski definition) is 3. The molecule has 1 aromatic carbocycles. The quantitative estimate of drug-likeness (QED) is 0.558. The second-order valence-electron chi connectivity index (χ2n) is 3.30. The van der Waals surface area contributed by atoms with Gasteiger partial charge >= 0.3 is 29.6 Å². The van der Waals surface area contributed by atoms with Crippen molar-refractivity contribution in [3.8, 4) is 5.75 Å². The maximum absolute atomic E-state index is 11.6. The maximum Gasteiger partial charge on any atom is 1.00 e. The molecule has 3 nitrogen and oxygen atoms in total. The molecule has 2 rings (SSSR count). The van der Waals surface area contributed by atoms with Gasteiger partial charge < -0.3 is 14.6 Å². The van der Waals surface area contributed by atoms with Crippen LogP contribution >= 0.6 is 0 Å². The summed E-state index contributed by atoms with van der Waals surface area (Å²) in [4.78, 5) is 0. The molecular formula is C11H13NaO3. The average molecular weight is 216 g/mol. The molecule has 1 aliphatic rings. The number of para-hydroxylation sites is 1. The molecule has 1 aliphatic heterocycles. The summed E-state index contributed by atoms with van der Waals surface area (Å²) in [6.07, 6.45) is 0.659. The Morgan fingerprint density at radius 2 is 1.87 bits per heavy atom. The zero-order valence-corrected chi connectivity index (χ0v) is 11.2. The third-order valence-corrected chi connectivity index (χ3v) is 2.52. The standard InChI is InChI=1S/C11H14O3.Na/c1-2-11(13-7-8-14-11)9-5-3-4-6-10(9)12;/h3-6,12H,2,7-8H2,1H3;/q;+1/p-1. The normalized spacial score (nSPS) is 18.5. The fourth-order valence-corrected chi connectivity index (χ4v) is 1.79. The van der Waals surface area contributed by atoms with Gasteiger partial charge in [0, 0.05) is 12.0 Å². The zero-order chi connectivity index (χ0) is 10.0. The van der Waals surface area contributed by atoms with Crippen LogP contribution < -0.4 is 34.7 Å². The van der Waals surface area contributed by atoms with E-state index < -0.39 is 5.79 Å². The van der Waals surface area contributed by atoms with Crippen LogP contribution in [0.3, 0.4) is 0 Å². The molecule has 0 aromatic heterocycles. The second-order valence-corrected chi connectivity index (χ2v) is 3.30. The molecule has 0 aliphatic carbocycles. The minimum absolute atomic E-state index is 0. The molecule has 4 heteroatoms. The van der Waals surface area contributed by atoms with Crippen LogP contribution in [-0.2, 0) is 15.3 Å². The van der Waals surface area contributed by atoms with Gasteiger partial charge in [-0.15, -0.1) is 5.75 Å². The van der Waals surface area contributed by atoms with E-state index in [9.17, 15) is 5.11 Å². The fourth-order valence-electron chi connectivity index (χ4n) is 1.79. The van der Waals surface area contributed by atoms with Crippen molar-refractivity contribution in [2.24, 2.45) is 0 Å². The van der Waals surface area contributed by atoms with Gasteiger partial charge in [-0.2, -0.15) is 0 Å². The monoisotopic (exact) mass is 216 g/mol. The number of hydrogen-bond donors (Lipinski definition) is 0. The predicted molar refractivity (Wildman–Crippen MR) is 49.8 cm³/mol. The number of rotatable bonds is 2. The first-order valence-electron chi connectivity index (χ1n) is 4.83. The summed E-state index contributed by atoms with van der Waals surface area (Å²) in [6.45, 7) is 3.07. The van der Waals surface area contributed by atoms with Crippen molar-refractivity contribution in [3.63, 3.8) is 0 Å². The Bertz CT molecular complexity index is 321. The van der Waals surface area contributed by atoms with Gasteiger partial charge in [-0.3, -0.25) is 0 Å². The van der Waals surface area contributed by atoms with Crippen LogP contribution in [0.1, 0.15) is 18.9 Å². The molecule has 0 unspecified atom stereocenters. The van der Waals surface area contributed by atoms with E-state index >= 15 is 0 Å². The van der Waals surface area contributed by atoms with E-state index in [4.69, 9.17) is 9.47 Å². The zero-order valence-electron chi connectivity index (χ0n) is 9.16. The van der Waals surface area contributed by atoms with Gasteiger partial charge in [0.05, 0.1) is 13.2 Å². The molecule has 0 bridgehead atoms. The molecule has 15 heavy (non-hydrogen) atoms. The predicted octanol–water partition coefficient (Wildman–Crippen LogP) is -1.63. The van der Waals surface area contributed by atoms with Crippen molar-refractivity contribution in [3.05, 3.63) is 29.8 Å². The molecule has 0 saturated carbocycles. The fraction of sp³-hybridized carbons (Fsp3) is 0.455. The molecule has 1 fully saturated rings. The van der Waals surface area contributed by atoms with Crippen molar-refractivity contribution in [2.75, 3.05) is 13.2 Å². The SMILES string of the molecule is CCC1(c2ccccc2[O-])OCCO1.[Na+]. The van der Waals surface area contributed by atoms with Crippen molar-refractivity contribution in [1.29, 1.82) is 0 Å². The molecular weight excluding hydrogens is 203 g/mol. The van der Waals surface area contributed by atoms with Crippen LogP contribution in [0.5, 0.6) is 5.75 Å². The smallest absolute Gasteiger partial charge is 0.872 e. The summed E-state index contributed by atoms with van der Waals surface area (Å²) >= 11 is 0. The van der Waals surface area contributed by atoms with Crippen molar-refractivity contribution in [1.82, 2.24) is 0 Å². The first kappa shape index (κ1) is 13.0. The van der Waals surface area contributed by atoms with Gasteiger partial charge in [0.25, 0.3) is 0 Å². The van der Waals surface area contributed by atoms with Crippen LogP contribution in [0, 0.1) is 0 Å². The van der Waals surface area contributed by atoms with Gasteiger partial charge in [0.1, 0.15) is 0 Å². The topological polar surface area (TPSA) is 41.5 Å². The van der Waals surface area contributed by atoms with Crippen LogP contribution in [0.4, 0.5) is 0 Å². The molecule has 0 atom stereocenters. The minimum Gasteiger partial charge on any atom is -0.872 e. The van der Waals surface area contributed by atoms with Crippen molar-refractivity contribution >= 4 is 0 Å². The van der Waals surface area contributed by atoms with Gasteiger partial charge in [-0.25, -0.2) is 0 Å². The maximum atomic E-state index is 11.6. The second kappa shape index (κ2) is 5.32. The molecule has 1 aromatic rings. The van der Waals surface area contributed by atoms with Crippen molar-refractivity contribution < 1.29 is 44.1 Å². The van der Waals surface area contributed by atoms with E-state index in [1.807, 2.05) is 13.0 Å². The van der Waals surface area contributed by atoms with E-state index in [2.05, 4.69) is 0 Å². The summed E-state index contributed by atoms with van der Waals surface area (Å²) in [5.74, 6) is -0.811. The first-order valence-corrected chi connectivity index (χ1v) is 4.83. The van der Waals surface area contributed by atoms with Crippen LogP contribution in [0.15, 0.2) is 24.3 Å². The van der Waals surface area contributed by atoms with E-state index in [1.165, 1.54) is 6.07 Å². The summed E-state index contributed by atoms with van der Waals surface area (Å²) in [6, 6.07) is 6.87. The van der Waals surface area contributed by atoms with Gasteiger partial charge in [-0.05, 0) is 0 Å². The van der Waals surface area contributed by atoms with E-state index in [1.54, 1.807) is 12.1 Å². The Labute approximate surface area is 112 Å². The third kappa shape index (κ3) is 2.37. The Kier molecular flexibility index (Phi) is 4.62. The molecule has 0 spiro atoms. The van der Waals surface area contributed by atoms with E-state index in [-0.39, 0.29) is 35.3 Å². The summed E-state index contributed by atoms with van der Waals surface area (Å²) in [5, 5.41) is 11.6. The van der Waals surface area contributed by atoms with Gasteiger partial charge in [-0.1, -0.05) is 31.2 Å². The van der Waals surface area contributed by atoms with Crippen LogP contribution in [0.25, 0.3) is 0 Å². The first-order chi connectivity index (χ1) is 6.78. The molecule has 0 radical (unpaired) electrons. The minimum atomic E-state index is -0.793. The summed E-state index contributed by atoms with van der Waals surface area (Å²) in [7, 11) is 0. The molecule has 1 heterocycles. The Hall–Kier alpha value is -0.0600. The van der Waals surface area contributed by atoms with Gasteiger partial charge in [0.2, 0.25) is 0 Å². The van der Waals surface area contributed by atoms with Gasteiger partial charge in [0.15, 0.2) is 5.79 Å². The summed E-state index contributed by atoms with van der Waals surface area (Å²) in [5.41, 5.74) is 0.611. The Morgan fingerprint density at radius 1 is 1.27 bits per heavy atom. The molecule has 0 N–H and O–H groups in total. The number of ether oxygens (including phenoxy) is 2.